The van der Waals surface area contributed by atoms with Crippen molar-refractivity contribution in [1.29, 1.82) is 0 Å². The van der Waals surface area contributed by atoms with Crippen molar-refractivity contribution in [3.63, 3.8) is 0 Å². The molecule has 14 heavy (non-hydrogen) atoms. The van der Waals surface area contributed by atoms with Gasteiger partial charge in [0.1, 0.15) is 0 Å². The summed E-state index contributed by atoms with van der Waals surface area (Å²) in [5.74, 6) is -1.09. The van der Waals surface area contributed by atoms with Crippen molar-refractivity contribution in [1.82, 2.24) is 0 Å². The predicted octanol–water partition coefficient (Wildman–Crippen LogP) is 1.49. The molecule has 4 heteroatoms. The molecule has 0 aliphatic heterocycles. The molecule has 0 aromatic heterocycles. The Bertz CT molecular complexity index is 165. The fraction of sp³-hybridized carbons (Fsp3) is 1.00. The fourth-order valence-electron chi connectivity index (χ4n) is 1.32. The summed E-state index contributed by atoms with van der Waals surface area (Å²) in [7, 11) is -1.27. The number of hydrogen-bond donors (Lipinski definition) is 2. The first-order valence-electron chi connectivity index (χ1n) is 5.24. The molecule has 0 saturated heterocycles. The molecule has 0 amide bonds. The van der Waals surface area contributed by atoms with Gasteiger partial charge in [0.15, 0.2) is 14.8 Å². The lowest BCUT2D eigenvalue weighted by Gasteiger charge is -2.41. The van der Waals surface area contributed by atoms with E-state index in [4.69, 9.17) is 9.53 Å². The number of aliphatic hydroxyl groups excluding tert-OH is 1. The third kappa shape index (κ3) is 4.08. The standard InChI is InChI=1S/C10H24O3Si/c1-9(2,3)10(12,7-6-8-11)13-14(4)5/h11-12,14H,6-8H2,1-5H3. The predicted molar refractivity (Wildman–Crippen MR) is 60.7 cm³/mol. The van der Waals surface area contributed by atoms with E-state index in [9.17, 15) is 5.11 Å². The van der Waals surface area contributed by atoms with Gasteiger partial charge in [-0.25, -0.2) is 0 Å². The zero-order valence-corrected chi connectivity index (χ0v) is 11.2. The van der Waals surface area contributed by atoms with E-state index >= 15 is 0 Å². The number of aliphatic hydroxyl groups is 2. The molecule has 0 aromatic rings. The minimum Gasteiger partial charge on any atom is -0.396 e. The van der Waals surface area contributed by atoms with Crippen LogP contribution in [0.25, 0.3) is 0 Å². The Hall–Kier alpha value is 0.0969. The van der Waals surface area contributed by atoms with Crippen LogP contribution in [0.15, 0.2) is 0 Å². The molecule has 1 unspecified atom stereocenters. The van der Waals surface area contributed by atoms with Gasteiger partial charge in [-0.3, -0.25) is 0 Å². The molecule has 2 N–H and O–H groups in total. The van der Waals surface area contributed by atoms with Gasteiger partial charge in [-0.15, -0.1) is 0 Å². The van der Waals surface area contributed by atoms with Crippen molar-refractivity contribution in [2.45, 2.75) is 52.5 Å². The molecular formula is C10H24O3Si. The molecule has 0 rings (SSSR count). The third-order valence-electron chi connectivity index (χ3n) is 2.28. The minimum atomic E-state index is -1.27. The van der Waals surface area contributed by atoms with E-state index in [2.05, 4.69) is 0 Å². The summed E-state index contributed by atoms with van der Waals surface area (Å²) in [5, 5.41) is 19.1. The maximum atomic E-state index is 10.4. The van der Waals surface area contributed by atoms with Gasteiger partial charge in [0.2, 0.25) is 0 Å². The molecule has 0 aliphatic rings. The molecule has 0 bridgehead atoms. The lowest BCUT2D eigenvalue weighted by Crippen LogP contribution is -2.48. The van der Waals surface area contributed by atoms with Crippen LogP contribution in [0.4, 0.5) is 0 Å². The summed E-state index contributed by atoms with van der Waals surface area (Å²) in [4.78, 5) is 0. The SMILES string of the molecule is C[SiH](C)OC(O)(CCCO)C(C)(C)C. The summed E-state index contributed by atoms with van der Waals surface area (Å²) in [6, 6.07) is 0. The molecule has 86 valence electrons. The van der Waals surface area contributed by atoms with Crippen molar-refractivity contribution < 1.29 is 14.6 Å². The Morgan fingerprint density at radius 2 is 1.71 bits per heavy atom. The Labute approximate surface area is 88.8 Å². The first kappa shape index (κ1) is 14.1. The second kappa shape index (κ2) is 5.26. The topological polar surface area (TPSA) is 49.7 Å². The van der Waals surface area contributed by atoms with E-state index in [1.165, 1.54) is 0 Å². The highest BCUT2D eigenvalue weighted by atomic mass is 28.3. The smallest absolute Gasteiger partial charge is 0.174 e. The van der Waals surface area contributed by atoms with Gasteiger partial charge in [-0.2, -0.15) is 0 Å². The molecule has 0 heterocycles. The van der Waals surface area contributed by atoms with E-state index in [1.807, 2.05) is 33.9 Å². The Balaban J connectivity index is 4.50. The molecular weight excluding hydrogens is 196 g/mol. The van der Waals surface area contributed by atoms with E-state index in [-0.39, 0.29) is 12.0 Å². The van der Waals surface area contributed by atoms with Crippen LogP contribution in [0.1, 0.15) is 33.6 Å². The van der Waals surface area contributed by atoms with Crippen LogP contribution in [0, 0.1) is 5.41 Å². The molecule has 0 aromatic carbocycles. The number of rotatable bonds is 5. The van der Waals surface area contributed by atoms with Gasteiger partial charge in [-0.05, 0) is 19.5 Å². The molecule has 0 aliphatic carbocycles. The lowest BCUT2D eigenvalue weighted by molar-refractivity contribution is -0.215. The summed E-state index contributed by atoms with van der Waals surface area (Å²) >= 11 is 0. The molecule has 0 fully saturated rings. The monoisotopic (exact) mass is 220 g/mol. The van der Waals surface area contributed by atoms with Crippen LogP contribution >= 0.6 is 0 Å². The van der Waals surface area contributed by atoms with Crippen LogP contribution in [0.3, 0.4) is 0 Å². The average molecular weight is 220 g/mol. The maximum absolute atomic E-state index is 10.4. The van der Waals surface area contributed by atoms with Crippen LogP contribution in [0.2, 0.25) is 13.1 Å². The van der Waals surface area contributed by atoms with Gasteiger partial charge in [0.25, 0.3) is 0 Å². The largest absolute Gasteiger partial charge is 0.396 e. The van der Waals surface area contributed by atoms with Crippen molar-refractivity contribution in [2.75, 3.05) is 6.61 Å². The minimum absolute atomic E-state index is 0.0986. The Morgan fingerprint density at radius 1 is 1.21 bits per heavy atom. The first-order chi connectivity index (χ1) is 6.23. The van der Waals surface area contributed by atoms with Crippen LogP contribution < -0.4 is 0 Å². The highest BCUT2D eigenvalue weighted by molar-refractivity contribution is 6.48. The molecule has 0 spiro atoms. The average Bonchev–Trinajstić information content (AvgIpc) is 1.97. The van der Waals surface area contributed by atoms with Gasteiger partial charge in [0, 0.05) is 18.4 Å². The van der Waals surface area contributed by atoms with Gasteiger partial charge in [-0.1, -0.05) is 20.8 Å². The highest BCUT2D eigenvalue weighted by Crippen LogP contribution is 2.35. The molecule has 1 atom stereocenters. The zero-order chi connectivity index (χ0) is 11.4. The summed E-state index contributed by atoms with van der Waals surface area (Å²) in [6.07, 6.45) is 1.08. The van der Waals surface area contributed by atoms with Crippen molar-refractivity contribution in [3.8, 4) is 0 Å². The number of hydrogen-bond acceptors (Lipinski definition) is 3. The quantitative estimate of drug-likeness (QED) is 0.545. The fourth-order valence-corrected chi connectivity index (χ4v) is 2.57. The van der Waals surface area contributed by atoms with Crippen LogP contribution in [0.5, 0.6) is 0 Å². The van der Waals surface area contributed by atoms with Crippen LogP contribution in [-0.4, -0.2) is 31.6 Å². The van der Waals surface area contributed by atoms with Crippen LogP contribution in [-0.2, 0) is 4.43 Å². The Kier molecular flexibility index (Phi) is 5.29. The van der Waals surface area contributed by atoms with E-state index in [0.717, 1.165) is 0 Å². The highest BCUT2D eigenvalue weighted by Gasteiger charge is 2.40. The van der Waals surface area contributed by atoms with Gasteiger partial charge >= 0.3 is 0 Å². The van der Waals surface area contributed by atoms with Crippen molar-refractivity contribution in [2.24, 2.45) is 5.41 Å². The summed E-state index contributed by atoms with van der Waals surface area (Å²) in [6.45, 7) is 10.1. The molecule has 3 nitrogen and oxygen atoms in total. The third-order valence-corrected chi connectivity index (χ3v) is 3.14. The van der Waals surface area contributed by atoms with E-state index < -0.39 is 14.8 Å². The van der Waals surface area contributed by atoms with E-state index in [1.54, 1.807) is 0 Å². The van der Waals surface area contributed by atoms with Crippen molar-refractivity contribution >= 4 is 9.04 Å². The second-order valence-electron chi connectivity index (χ2n) is 5.03. The second-order valence-corrected chi connectivity index (χ2v) is 7.36. The maximum Gasteiger partial charge on any atom is 0.174 e. The van der Waals surface area contributed by atoms with E-state index in [0.29, 0.717) is 12.8 Å². The molecule has 0 saturated carbocycles. The normalized spacial score (nSPS) is 17.1. The summed E-state index contributed by atoms with van der Waals surface area (Å²) in [5.41, 5.74) is -0.306. The van der Waals surface area contributed by atoms with Crippen molar-refractivity contribution in [3.05, 3.63) is 0 Å². The molecule has 0 radical (unpaired) electrons. The Morgan fingerprint density at radius 3 is 2.00 bits per heavy atom. The first-order valence-corrected chi connectivity index (χ1v) is 8.02. The zero-order valence-electron chi connectivity index (χ0n) is 10.0. The summed E-state index contributed by atoms with van der Waals surface area (Å²) < 4.78 is 5.69. The van der Waals surface area contributed by atoms with Gasteiger partial charge < -0.3 is 14.6 Å². The lowest BCUT2D eigenvalue weighted by atomic mass is 9.83. The van der Waals surface area contributed by atoms with Gasteiger partial charge in [0.05, 0.1) is 0 Å².